The van der Waals surface area contributed by atoms with E-state index in [1.807, 2.05) is 19.9 Å². The molecule has 0 aliphatic carbocycles. The highest BCUT2D eigenvalue weighted by atomic mass is 16.3. The summed E-state index contributed by atoms with van der Waals surface area (Å²) in [6, 6.07) is 1.85. The molecule has 0 saturated heterocycles. The van der Waals surface area contributed by atoms with Gasteiger partial charge in [-0.15, -0.1) is 0 Å². The number of aromatic amines is 1. The smallest absolute Gasteiger partial charge is 0.182 e. The molecule has 0 aromatic carbocycles. The molecule has 6 nitrogen and oxygen atoms in total. The molecule has 0 saturated carbocycles. The summed E-state index contributed by atoms with van der Waals surface area (Å²) in [6.07, 6.45) is 1.41. The number of hydrogen-bond acceptors (Lipinski definition) is 5. The van der Waals surface area contributed by atoms with Crippen molar-refractivity contribution in [2.24, 2.45) is 0 Å². The van der Waals surface area contributed by atoms with E-state index in [-0.39, 0.29) is 0 Å². The number of rotatable bonds is 1. The fourth-order valence-corrected chi connectivity index (χ4v) is 1.76. The fourth-order valence-electron chi connectivity index (χ4n) is 1.76. The zero-order valence-corrected chi connectivity index (χ0v) is 9.48. The van der Waals surface area contributed by atoms with E-state index in [0.29, 0.717) is 17.1 Å². The van der Waals surface area contributed by atoms with Crippen LogP contribution in [0.1, 0.15) is 11.4 Å². The summed E-state index contributed by atoms with van der Waals surface area (Å²) >= 11 is 0. The van der Waals surface area contributed by atoms with Gasteiger partial charge >= 0.3 is 0 Å². The fraction of sp³-hybridized carbons (Fsp3) is 0.182. The number of nitrogens with two attached hydrogens (primary N) is 1. The average molecular weight is 229 g/mol. The van der Waals surface area contributed by atoms with Crippen LogP contribution in [-0.4, -0.2) is 20.2 Å². The molecule has 0 atom stereocenters. The number of hydrogen-bond donors (Lipinski definition) is 2. The van der Waals surface area contributed by atoms with Gasteiger partial charge in [0.05, 0.1) is 22.5 Å². The number of aryl methyl sites for hydroxylation is 2. The Kier molecular flexibility index (Phi) is 1.91. The molecule has 3 heterocycles. The van der Waals surface area contributed by atoms with E-state index in [9.17, 15) is 0 Å². The van der Waals surface area contributed by atoms with E-state index in [1.54, 1.807) is 0 Å². The SMILES string of the molecule is Cc1nc2n[nH]c(-c3ocnc3C)c2cc1N. The standard InChI is InChI=1S/C11H11N5O/c1-5-8(12)3-7-9(15-16-11(7)14-5)10-6(2)13-4-17-10/h3-4H,12H2,1-2H3,(H,14,15,16). The summed E-state index contributed by atoms with van der Waals surface area (Å²) in [5.74, 6) is 0.664. The molecule has 0 bridgehead atoms. The minimum atomic E-state index is 0.627. The van der Waals surface area contributed by atoms with Crippen LogP contribution in [-0.2, 0) is 0 Å². The van der Waals surface area contributed by atoms with Crippen LogP contribution in [0.2, 0.25) is 0 Å². The molecule has 0 unspecified atom stereocenters. The van der Waals surface area contributed by atoms with Gasteiger partial charge in [0.25, 0.3) is 0 Å². The molecular formula is C11H11N5O. The number of anilines is 1. The van der Waals surface area contributed by atoms with Crippen molar-refractivity contribution in [3.05, 3.63) is 23.8 Å². The zero-order chi connectivity index (χ0) is 12.0. The second-order valence-electron chi connectivity index (χ2n) is 3.90. The van der Waals surface area contributed by atoms with E-state index >= 15 is 0 Å². The van der Waals surface area contributed by atoms with Gasteiger partial charge in [-0.3, -0.25) is 5.10 Å². The van der Waals surface area contributed by atoms with Crippen molar-refractivity contribution in [1.29, 1.82) is 0 Å². The molecule has 3 aromatic heterocycles. The third-order valence-corrected chi connectivity index (χ3v) is 2.75. The lowest BCUT2D eigenvalue weighted by atomic mass is 10.2. The van der Waals surface area contributed by atoms with Crippen LogP contribution in [0.4, 0.5) is 5.69 Å². The number of H-pyrrole nitrogens is 1. The van der Waals surface area contributed by atoms with Crippen LogP contribution in [0.3, 0.4) is 0 Å². The van der Waals surface area contributed by atoms with Gasteiger partial charge in [0.1, 0.15) is 5.69 Å². The summed E-state index contributed by atoms with van der Waals surface area (Å²) in [7, 11) is 0. The first kappa shape index (κ1) is 9.83. The van der Waals surface area contributed by atoms with Gasteiger partial charge in [-0.2, -0.15) is 5.10 Å². The van der Waals surface area contributed by atoms with Crippen molar-refractivity contribution in [1.82, 2.24) is 20.2 Å². The van der Waals surface area contributed by atoms with Gasteiger partial charge in [0.15, 0.2) is 17.8 Å². The lowest BCUT2D eigenvalue weighted by Gasteiger charge is -1.99. The van der Waals surface area contributed by atoms with Crippen molar-refractivity contribution in [2.75, 3.05) is 5.73 Å². The normalized spacial score (nSPS) is 11.2. The molecule has 17 heavy (non-hydrogen) atoms. The molecule has 0 spiro atoms. The highest BCUT2D eigenvalue weighted by molar-refractivity contribution is 5.91. The molecule has 0 radical (unpaired) electrons. The molecule has 6 heteroatoms. The number of pyridine rings is 1. The topological polar surface area (TPSA) is 93.6 Å². The predicted molar refractivity (Wildman–Crippen MR) is 63.3 cm³/mol. The molecule has 3 rings (SSSR count). The van der Waals surface area contributed by atoms with Crippen molar-refractivity contribution in [2.45, 2.75) is 13.8 Å². The number of nitrogens with one attached hydrogen (secondary N) is 1. The second-order valence-corrected chi connectivity index (χ2v) is 3.90. The van der Waals surface area contributed by atoms with E-state index in [0.717, 1.165) is 22.5 Å². The van der Waals surface area contributed by atoms with Crippen LogP contribution >= 0.6 is 0 Å². The van der Waals surface area contributed by atoms with Crippen LogP contribution < -0.4 is 5.73 Å². The van der Waals surface area contributed by atoms with E-state index < -0.39 is 0 Å². The Morgan fingerprint density at radius 1 is 1.29 bits per heavy atom. The van der Waals surface area contributed by atoms with Gasteiger partial charge in [-0.1, -0.05) is 0 Å². The van der Waals surface area contributed by atoms with Gasteiger partial charge < -0.3 is 10.2 Å². The summed E-state index contributed by atoms with van der Waals surface area (Å²) in [4.78, 5) is 8.36. The molecule has 0 aliphatic rings. The molecular weight excluding hydrogens is 218 g/mol. The van der Waals surface area contributed by atoms with Crippen molar-refractivity contribution in [3.8, 4) is 11.5 Å². The molecule has 0 aliphatic heterocycles. The van der Waals surface area contributed by atoms with Crippen molar-refractivity contribution >= 4 is 16.7 Å². The predicted octanol–water partition coefficient (Wildman–Crippen LogP) is 1.81. The second kappa shape index (κ2) is 3.31. The zero-order valence-electron chi connectivity index (χ0n) is 9.48. The molecule has 0 fully saturated rings. The number of nitrogens with zero attached hydrogens (tertiary/aromatic N) is 3. The highest BCUT2D eigenvalue weighted by Crippen LogP contribution is 2.29. The Labute approximate surface area is 96.9 Å². The van der Waals surface area contributed by atoms with E-state index in [4.69, 9.17) is 10.2 Å². The van der Waals surface area contributed by atoms with E-state index in [1.165, 1.54) is 6.39 Å². The third-order valence-electron chi connectivity index (χ3n) is 2.75. The Hall–Kier alpha value is -2.37. The molecule has 3 N–H and O–H groups in total. The van der Waals surface area contributed by atoms with Gasteiger partial charge in [-0.25, -0.2) is 9.97 Å². The first-order chi connectivity index (χ1) is 8.16. The maximum Gasteiger partial charge on any atom is 0.182 e. The van der Waals surface area contributed by atoms with E-state index in [2.05, 4.69) is 20.2 Å². The molecule has 3 aromatic rings. The summed E-state index contributed by atoms with van der Waals surface area (Å²) in [5.41, 5.74) is 9.45. The molecule has 0 amide bonds. The lowest BCUT2D eigenvalue weighted by molar-refractivity contribution is 0.569. The summed E-state index contributed by atoms with van der Waals surface area (Å²) < 4.78 is 5.34. The minimum absolute atomic E-state index is 0.627. The Morgan fingerprint density at radius 3 is 2.82 bits per heavy atom. The van der Waals surface area contributed by atoms with Gasteiger partial charge in [-0.05, 0) is 19.9 Å². The van der Waals surface area contributed by atoms with Gasteiger partial charge in [0.2, 0.25) is 0 Å². The first-order valence-electron chi connectivity index (χ1n) is 5.18. The third kappa shape index (κ3) is 1.37. The molecule has 86 valence electrons. The van der Waals surface area contributed by atoms with Crippen molar-refractivity contribution in [3.63, 3.8) is 0 Å². The van der Waals surface area contributed by atoms with Crippen LogP contribution in [0.25, 0.3) is 22.5 Å². The van der Waals surface area contributed by atoms with Gasteiger partial charge in [0, 0.05) is 0 Å². The largest absolute Gasteiger partial charge is 0.442 e. The summed E-state index contributed by atoms with van der Waals surface area (Å²) in [6.45, 7) is 3.72. The van der Waals surface area contributed by atoms with Crippen molar-refractivity contribution < 1.29 is 4.42 Å². The maximum atomic E-state index is 5.86. The monoisotopic (exact) mass is 229 g/mol. The summed E-state index contributed by atoms with van der Waals surface area (Å²) in [5, 5.41) is 7.89. The van der Waals surface area contributed by atoms with Crippen LogP contribution in [0.5, 0.6) is 0 Å². The van der Waals surface area contributed by atoms with Crippen LogP contribution in [0.15, 0.2) is 16.9 Å². The first-order valence-corrected chi connectivity index (χ1v) is 5.18. The minimum Gasteiger partial charge on any atom is -0.442 e. The lowest BCUT2D eigenvalue weighted by Crippen LogP contribution is -1.92. The Morgan fingerprint density at radius 2 is 2.12 bits per heavy atom. The Bertz CT molecular complexity index is 697. The number of nitrogen functional groups attached to an aromatic ring is 1. The highest BCUT2D eigenvalue weighted by Gasteiger charge is 2.15. The Balaban J connectivity index is 2.32. The number of aromatic nitrogens is 4. The number of oxazole rings is 1. The average Bonchev–Trinajstić information content (AvgIpc) is 2.86. The van der Waals surface area contributed by atoms with Crippen LogP contribution in [0, 0.1) is 13.8 Å². The maximum absolute atomic E-state index is 5.86. The number of fused-ring (bicyclic) bond motifs is 1. The quantitative estimate of drug-likeness (QED) is 0.663.